The zero-order valence-electron chi connectivity index (χ0n) is 15.9. The van der Waals surface area contributed by atoms with Crippen molar-refractivity contribution in [2.45, 2.75) is 13.5 Å². The summed E-state index contributed by atoms with van der Waals surface area (Å²) in [5.74, 6) is 1.58. The third kappa shape index (κ3) is 5.63. The van der Waals surface area contributed by atoms with E-state index in [-0.39, 0.29) is 12.1 Å². The lowest BCUT2D eigenvalue weighted by atomic mass is 10.1. The van der Waals surface area contributed by atoms with E-state index in [1.165, 1.54) is 0 Å². The highest BCUT2D eigenvalue weighted by atomic mass is 127. The van der Waals surface area contributed by atoms with Gasteiger partial charge in [-0.25, -0.2) is 0 Å². The lowest BCUT2D eigenvalue weighted by Crippen LogP contribution is -2.24. The molecule has 1 amide bonds. The highest BCUT2D eigenvalue weighted by Crippen LogP contribution is 2.25. The van der Waals surface area contributed by atoms with Crippen LogP contribution >= 0.6 is 22.6 Å². The summed E-state index contributed by atoms with van der Waals surface area (Å²) >= 11 is 2.16. The van der Waals surface area contributed by atoms with Gasteiger partial charge in [0, 0.05) is 18.2 Å². The van der Waals surface area contributed by atoms with E-state index in [2.05, 4.69) is 27.9 Å². The van der Waals surface area contributed by atoms with Crippen LogP contribution in [0.2, 0.25) is 0 Å². The number of nitrogens with one attached hydrogen (secondary N) is 1. The third-order valence-corrected chi connectivity index (χ3v) is 4.71. The summed E-state index contributed by atoms with van der Waals surface area (Å²) < 4.78 is 16.9. The van der Waals surface area contributed by atoms with Gasteiger partial charge in [0.25, 0.3) is 5.91 Å². The first-order chi connectivity index (χ1) is 13.5. The standard InChI is InChI=1S/C21H21IN2O4/c1-4-28-19-8-5-14(10-18(19)22)9-16(12-23)21(25)24-13-15-6-7-17(26-2)11-20(15)27-3/h5-11H,4,13H2,1-3H3,(H,24,25)/b16-9+. The Morgan fingerprint density at radius 1 is 1.18 bits per heavy atom. The Balaban J connectivity index is 2.13. The summed E-state index contributed by atoms with van der Waals surface area (Å²) in [5, 5.41) is 12.1. The van der Waals surface area contributed by atoms with Crippen LogP contribution in [0.3, 0.4) is 0 Å². The molecule has 2 aromatic carbocycles. The van der Waals surface area contributed by atoms with Gasteiger partial charge in [0.1, 0.15) is 28.9 Å². The average molecular weight is 492 g/mol. The topological polar surface area (TPSA) is 80.6 Å². The summed E-state index contributed by atoms with van der Waals surface area (Å²) in [6.45, 7) is 2.72. The fourth-order valence-corrected chi connectivity index (χ4v) is 3.16. The molecule has 0 aliphatic heterocycles. The number of carbonyl (C=O) groups excluding carboxylic acids is 1. The van der Waals surface area contributed by atoms with Crippen molar-refractivity contribution < 1.29 is 19.0 Å². The number of halogens is 1. The maximum Gasteiger partial charge on any atom is 0.262 e. The molecule has 0 saturated carbocycles. The molecule has 0 fully saturated rings. The molecule has 0 aliphatic carbocycles. The first-order valence-electron chi connectivity index (χ1n) is 8.55. The SMILES string of the molecule is CCOc1ccc(/C=C(\C#N)C(=O)NCc2ccc(OC)cc2OC)cc1I. The first-order valence-corrected chi connectivity index (χ1v) is 9.63. The summed E-state index contributed by atoms with van der Waals surface area (Å²) in [4.78, 5) is 12.4. The lowest BCUT2D eigenvalue weighted by Gasteiger charge is -2.11. The number of nitrogens with zero attached hydrogens (tertiary/aromatic N) is 1. The average Bonchev–Trinajstić information content (AvgIpc) is 2.72. The third-order valence-electron chi connectivity index (χ3n) is 3.87. The van der Waals surface area contributed by atoms with Crippen molar-refractivity contribution in [2.75, 3.05) is 20.8 Å². The molecule has 0 spiro atoms. The van der Waals surface area contributed by atoms with E-state index in [1.807, 2.05) is 37.3 Å². The summed E-state index contributed by atoms with van der Waals surface area (Å²) in [6.07, 6.45) is 1.55. The zero-order valence-corrected chi connectivity index (χ0v) is 18.1. The van der Waals surface area contributed by atoms with E-state index in [1.54, 1.807) is 32.4 Å². The molecule has 0 unspecified atom stereocenters. The van der Waals surface area contributed by atoms with Crippen LogP contribution in [0.15, 0.2) is 42.0 Å². The van der Waals surface area contributed by atoms with Crippen LogP contribution < -0.4 is 19.5 Å². The van der Waals surface area contributed by atoms with Gasteiger partial charge in [0.05, 0.1) is 24.4 Å². The molecule has 0 aliphatic rings. The Morgan fingerprint density at radius 2 is 1.96 bits per heavy atom. The summed E-state index contributed by atoms with van der Waals surface area (Å²) in [7, 11) is 3.12. The van der Waals surface area contributed by atoms with Crippen LogP contribution in [-0.2, 0) is 11.3 Å². The van der Waals surface area contributed by atoms with Crippen molar-refractivity contribution in [1.29, 1.82) is 5.26 Å². The van der Waals surface area contributed by atoms with E-state index in [0.717, 1.165) is 20.4 Å². The van der Waals surface area contributed by atoms with Gasteiger partial charge in [-0.05, 0) is 65.4 Å². The molecule has 146 valence electrons. The van der Waals surface area contributed by atoms with E-state index >= 15 is 0 Å². The second kappa shape index (κ2) is 10.6. The molecule has 0 aromatic heterocycles. The van der Waals surface area contributed by atoms with E-state index in [9.17, 15) is 10.1 Å². The normalized spacial score (nSPS) is 10.8. The maximum absolute atomic E-state index is 12.4. The molecule has 28 heavy (non-hydrogen) atoms. The Morgan fingerprint density at radius 3 is 2.57 bits per heavy atom. The number of nitriles is 1. The maximum atomic E-state index is 12.4. The van der Waals surface area contributed by atoms with Gasteiger partial charge < -0.3 is 19.5 Å². The van der Waals surface area contributed by atoms with Crippen LogP contribution in [0.25, 0.3) is 6.08 Å². The van der Waals surface area contributed by atoms with E-state index in [4.69, 9.17) is 14.2 Å². The molecular formula is C21H21IN2O4. The van der Waals surface area contributed by atoms with Gasteiger partial charge in [-0.2, -0.15) is 5.26 Å². The molecule has 0 bridgehead atoms. The lowest BCUT2D eigenvalue weighted by molar-refractivity contribution is -0.117. The van der Waals surface area contributed by atoms with Gasteiger partial charge in [-0.1, -0.05) is 6.07 Å². The van der Waals surface area contributed by atoms with Crippen molar-refractivity contribution in [3.05, 3.63) is 56.7 Å². The number of carbonyl (C=O) groups is 1. The smallest absolute Gasteiger partial charge is 0.262 e. The quantitative estimate of drug-likeness (QED) is 0.343. The van der Waals surface area contributed by atoms with Gasteiger partial charge >= 0.3 is 0 Å². The van der Waals surface area contributed by atoms with Crippen molar-refractivity contribution in [3.63, 3.8) is 0 Å². The van der Waals surface area contributed by atoms with Crippen LogP contribution in [0, 0.1) is 14.9 Å². The molecule has 0 saturated heterocycles. The second-order valence-corrected chi connectivity index (χ2v) is 6.82. The summed E-state index contributed by atoms with van der Waals surface area (Å²) in [5.41, 5.74) is 1.55. The predicted molar refractivity (Wildman–Crippen MR) is 115 cm³/mol. The monoisotopic (exact) mass is 492 g/mol. The molecule has 0 atom stereocenters. The van der Waals surface area contributed by atoms with Gasteiger partial charge in [0.2, 0.25) is 0 Å². The van der Waals surface area contributed by atoms with Crippen molar-refractivity contribution in [3.8, 4) is 23.3 Å². The molecule has 7 heteroatoms. The number of hydrogen-bond acceptors (Lipinski definition) is 5. The number of hydrogen-bond donors (Lipinski definition) is 1. The molecule has 0 heterocycles. The van der Waals surface area contributed by atoms with Gasteiger partial charge in [-0.3, -0.25) is 4.79 Å². The highest BCUT2D eigenvalue weighted by molar-refractivity contribution is 14.1. The minimum atomic E-state index is -0.454. The van der Waals surface area contributed by atoms with Crippen LogP contribution in [0.1, 0.15) is 18.1 Å². The number of methoxy groups -OCH3 is 2. The van der Waals surface area contributed by atoms with Crippen LogP contribution in [0.5, 0.6) is 17.2 Å². The number of amides is 1. The number of benzene rings is 2. The van der Waals surface area contributed by atoms with Gasteiger partial charge in [0.15, 0.2) is 0 Å². The molecule has 2 aromatic rings. The first kappa shape index (κ1) is 21.6. The Labute approximate surface area is 178 Å². The zero-order chi connectivity index (χ0) is 20.5. The fraction of sp³-hybridized carbons (Fsp3) is 0.238. The van der Waals surface area contributed by atoms with Gasteiger partial charge in [-0.15, -0.1) is 0 Å². The molecule has 2 rings (SSSR count). The van der Waals surface area contributed by atoms with Crippen LogP contribution in [-0.4, -0.2) is 26.7 Å². The number of ether oxygens (including phenoxy) is 3. The predicted octanol–water partition coefficient (Wildman–Crippen LogP) is 3.93. The van der Waals surface area contributed by atoms with E-state index < -0.39 is 5.91 Å². The minimum Gasteiger partial charge on any atom is -0.497 e. The highest BCUT2D eigenvalue weighted by Gasteiger charge is 2.12. The summed E-state index contributed by atoms with van der Waals surface area (Å²) in [6, 6.07) is 12.8. The second-order valence-electron chi connectivity index (χ2n) is 5.65. The minimum absolute atomic E-state index is 0.0208. The Hall–Kier alpha value is -2.73. The van der Waals surface area contributed by atoms with Crippen molar-refractivity contribution in [1.82, 2.24) is 5.32 Å². The number of rotatable bonds is 8. The fourth-order valence-electron chi connectivity index (χ4n) is 2.46. The Bertz CT molecular complexity index is 919. The molecule has 0 radical (unpaired) electrons. The largest absolute Gasteiger partial charge is 0.497 e. The van der Waals surface area contributed by atoms with Crippen molar-refractivity contribution in [2.24, 2.45) is 0 Å². The molecule has 6 nitrogen and oxygen atoms in total. The van der Waals surface area contributed by atoms with Crippen LogP contribution in [0.4, 0.5) is 0 Å². The molecular weight excluding hydrogens is 471 g/mol. The van der Waals surface area contributed by atoms with Crippen molar-refractivity contribution >= 4 is 34.6 Å². The Kier molecular flexibility index (Phi) is 8.14. The van der Waals surface area contributed by atoms with E-state index in [0.29, 0.717) is 18.1 Å². The molecule has 1 N–H and O–H groups in total.